The first-order chi connectivity index (χ1) is 16.8. The molecule has 4 unspecified atom stereocenters. The Hall–Kier alpha value is -3.32. The van der Waals surface area contributed by atoms with Crippen LogP contribution in [0.3, 0.4) is 0 Å². The van der Waals surface area contributed by atoms with Crippen molar-refractivity contribution in [3.05, 3.63) is 29.8 Å². The number of aliphatic carboxylic acids is 2. The molecule has 0 bridgehead atoms. The van der Waals surface area contributed by atoms with Gasteiger partial charge in [0.25, 0.3) is 0 Å². The van der Waals surface area contributed by atoms with Crippen LogP contribution in [0.1, 0.15) is 38.7 Å². The summed E-state index contributed by atoms with van der Waals surface area (Å²) in [5, 5.41) is 35.0. The predicted molar refractivity (Wildman–Crippen MR) is 133 cm³/mol. The molecule has 36 heavy (non-hydrogen) atoms. The van der Waals surface area contributed by atoms with Gasteiger partial charge in [-0.15, -0.1) is 0 Å². The Morgan fingerprint density at radius 3 is 1.92 bits per heavy atom. The third-order valence-corrected chi connectivity index (χ3v) is 5.52. The van der Waals surface area contributed by atoms with Gasteiger partial charge in [0.2, 0.25) is 17.7 Å². The van der Waals surface area contributed by atoms with Gasteiger partial charge in [-0.1, -0.05) is 26.0 Å². The molecule has 0 aliphatic heterocycles. The van der Waals surface area contributed by atoms with Gasteiger partial charge < -0.3 is 37.0 Å². The van der Waals surface area contributed by atoms with E-state index < -0.39 is 53.8 Å². The van der Waals surface area contributed by atoms with Gasteiger partial charge in [-0.2, -0.15) is 12.6 Å². The largest absolute Gasteiger partial charge is 0.508 e. The van der Waals surface area contributed by atoms with E-state index in [4.69, 9.17) is 10.8 Å². The molecule has 0 aliphatic rings. The molecule has 8 N–H and O–H groups in total. The Balaban J connectivity index is 3.09. The van der Waals surface area contributed by atoms with Crippen molar-refractivity contribution >= 4 is 42.3 Å². The molecule has 0 heterocycles. The second-order valence-corrected chi connectivity index (χ2v) is 9.11. The first kappa shape index (κ1) is 30.7. The average Bonchev–Trinajstić information content (AvgIpc) is 2.80. The Morgan fingerprint density at radius 1 is 0.889 bits per heavy atom. The van der Waals surface area contributed by atoms with Crippen LogP contribution in [0.5, 0.6) is 5.75 Å². The topological polar surface area (TPSA) is 208 Å². The Kier molecular flexibility index (Phi) is 12.7. The molecular formula is C23H34N4O8S. The lowest BCUT2D eigenvalue weighted by atomic mass is 10.00. The number of hydrogen-bond acceptors (Lipinski definition) is 8. The molecule has 1 aromatic rings. The maximum Gasteiger partial charge on any atom is 0.327 e. The fraction of sp³-hybridized carbons (Fsp3) is 0.522. The zero-order valence-corrected chi connectivity index (χ0v) is 21.0. The molecule has 3 amide bonds. The predicted octanol–water partition coefficient (Wildman–Crippen LogP) is -0.358. The number of carboxylic acids is 2. The minimum atomic E-state index is -1.30. The van der Waals surface area contributed by atoms with Crippen LogP contribution in [0.15, 0.2) is 24.3 Å². The van der Waals surface area contributed by atoms with Crippen molar-refractivity contribution in [1.82, 2.24) is 16.0 Å². The number of nitrogens with one attached hydrogen (secondary N) is 3. The molecule has 4 atom stereocenters. The summed E-state index contributed by atoms with van der Waals surface area (Å²) in [6.45, 7) is 3.64. The standard InChI is InChI=1S/C23H34N4O8S/c1-12(2)9-16(25-20(31)15(24)7-8-19(29)30)21(32)26-17(10-13-3-5-14(28)6-4-13)22(33)27-18(11-36)23(34)35/h3-6,12,15-18,28,36H,7-11,24H2,1-2H3,(H,25,31)(H,26,32)(H,27,33)(H,29,30)(H,34,35). The summed E-state index contributed by atoms with van der Waals surface area (Å²) in [7, 11) is 0. The van der Waals surface area contributed by atoms with Crippen molar-refractivity contribution in [1.29, 1.82) is 0 Å². The molecule has 13 heteroatoms. The van der Waals surface area contributed by atoms with Crippen LogP contribution in [0.2, 0.25) is 0 Å². The number of benzene rings is 1. The number of carbonyl (C=O) groups is 5. The minimum absolute atomic E-state index is 0.00347. The fourth-order valence-electron chi connectivity index (χ4n) is 3.20. The van der Waals surface area contributed by atoms with Crippen LogP contribution < -0.4 is 21.7 Å². The number of carboxylic acid groups (broad SMARTS) is 2. The monoisotopic (exact) mass is 526 g/mol. The Labute approximate surface area is 214 Å². The fourth-order valence-corrected chi connectivity index (χ4v) is 3.45. The van der Waals surface area contributed by atoms with Crippen molar-refractivity contribution in [3.63, 3.8) is 0 Å². The summed E-state index contributed by atoms with van der Waals surface area (Å²) in [6, 6.07) is 1.17. The summed E-state index contributed by atoms with van der Waals surface area (Å²) in [4.78, 5) is 60.6. The molecule has 0 saturated carbocycles. The first-order valence-corrected chi connectivity index (χ1v) is 12.0. The van der Waals surface area contributed by atoms with E-state index in [-0.39, 0.29) is 43.1 Å². The van der Waals surface area contributed by atoms with Crippen LogP contribution in [-0.2, 0) is 30.4 Å². The van der Waals surface area contributed by atoms with Crippen LogP contribution in [0.4, 0.5) is 0 Å². The second kappa shape index (κ2) is 14.9. The number of hydrogen-bond donors (Lipinski definition) is 8. The van der Waals surface area contributed by atoms with Crippen molar-refractivity contribution in [2.45, 2.75) is 63.7 Å². The number of phenolic OH excluding ortho intramolecular Hbond substituents is 1. The molecule has 12 nitrogen and oxygen atoms in total. The quantitative estimate of drug-likeness (QED) is 0.140. The number of phenols is 1. The number of rotatable bonds is 15. The van der Waals surface area contributed by atoms with Crippen molar-refractivity contribution in [2.75, 3.05) is 5.75 Å². The van der Waals surface area contributed by atoms with Crippen molar-refractivity contribution in [2.24, 2.45) is 11.7 Å². The third-order valence-electron chi connectivity index (χ3n) is 5.15. The van der Waals surface area contributed by atoms with Gasteiger partial charge in [-0.25, -0.2) is 4.79 Å². The molecule has 0 aliphatic carbocycles. The second-order valence-electron chi connectivity index (χ2n) is 8.74. The van der Waals surface area contributed by atoms with Crippen LogP contribution in [0, 0.1) is 5.92 Å². The lowest BCUT2D eigenvalue weighted by Gasteiger charge is -2.26. The first-order valence-electron chi connectivity index (χ1n) is 11.3. The van der Waals surface area contributed by atoms with E-state index in [1.165, 1.54) is 12.1 Å². The maximum absolute atomic E-state index is 13.1. The number of aromatic hydroxyl groups is 1. The average molecular weight is 527 g/mol. The highest BCUT2D eigenvalue weighted by molar-refractivity contribution is 7.80. The van der Waals surface area contributed by atoms with Gasteiger partial charge in [0.15, 0.2) is 0 Å². The van der Waals surface area contributed by atoms with E-state index >= 15 is 0 Å². The smallest absolute Gasteiger partial charge is 0.327 e. The highest BCUT2D eigenvalue weighted by Gasteiger charge is 2.30. The van der Waals surface area contributed by atoms with E-state index in [2.05, 4.69) is 28.6 Å². The van der Waals surface area contributed by atoms with Crippen LogP contribution in [-0.4, -0.2) is 74.9 Å². The lowest BCUT2D eigenvalue weighted by molar-refractivity contribution is -0.141. The van der Waals surface area contributed by atoms with Gasteiger partial charge in [-0.05, 0) is 36.5 Å². The maximum atomic E-state index is 13.1. The summed E-state index contributed by atoms with van der Waals surface area (Å²) < 4.78 is 0. The summed E-state index contributed by atoms with van der Waals surface area (Å²) >= 11 is 3.93. The van der Waals surface area contributed by atoms with E-state index in [9.17, 15) is 34.2 Å². The van der Waals surface area contributed by atoms with E-state index in [0.717, 1.165) is 0 Å². The molecule has 0 saturated heterocycles. The van der Waals surface area contributed by atoms with Gasteiger partial charge >= 0.3 is 11.9 Å². The number of thiol groups is 1. The molecule has 0 fully saturated rings. The van der Waals surface area contributed by atoms with E-state index in [1.807, 2.05) is 13.8 Å². The lowest BCUT2D eigenvalue weighted by Crippen LogP contribution is -2.58. The van der Waals surface area contributed by atoms with Gasteiger partial charge in [0.1, 0.15) is 23.9 Å². The Bertz CT molecular complexity index is 925. The van der Waals surface area contributed by atoms with Gasteiger partial charge in [0.05, 0.1) is 6.04 Å². The highest BCUT2D eigenvalue weighted by atomic mass is 32.1. The molecule has 1 aromatic carbocycles. The number of amides is 3. The highest BCUT2D eigenvalue weighted by Crippen LogP contribution is 2.13. The SMILES string of the molecule is CC(C)CC(NC(=O)C(N)CCC(=O)O)C(=O)NC(Cc1ccc(O)cc1)C(=O)NC(CS)C(=O)O. The molecule has 1 rings (SSSR count). The molecule has 0 aromatic heterocycles. The minimum Gasteiger partial charge on any atom is -0.508 e. The molecular weight excluding hydrogens is 492 g/mol. The normalized spacial score (nSPS) is 14.2. The van der Waals surface area contributed by atoms with Crippen molar-refractivity contribution < 1.29 is 39.3 Å². The zero-order chi connectivity index (χ0) is 27.4. The van der Waals surface area contributed by atoms with Crippen molar-refractivity contribution in [3.8, 4) is 5.75 Å². The Morgan fingerprint density at radius 2 is 1.42 bits per heavy atom. The van der Waals surface area contributed by atoms with E-state index in [0.29, 0.717) is 5.56 Å². The summed E-state index contributed by atoms with van der Waals surface area (Å²) in [5.41, 5.74) is 6.33. The van der Waals surface area contributed by atoms with Gasteiger partial charge in [-0.3, -0.25) is 19.2 Å². The third kappa shape index (κ3) is 11.0. The summed E-state index contributed by atoms with van der Waals surface area (Å²) in [5.74, 6) is -4.80. The zero-order valence-electron chi connectivity index (χ0n) is 20.1. The van der Waals surface area contributed by atoms with E-state index in [1.54, 1.807) is 12.1 Å². The number of carbonyl (C=O) groups excluding carboxylic acids is 3. The number of nitrogens with two attached hydrogens (primary N) is 1. The molecule has 0 radical (unpaired) electrons. The molecule has 200 valence electrons. The summed E-state index contributed by atoms with van der Waals surface area (Å²) in [6.07, 6.45) is -0.272. The molecule has 0 spiro atoms. The van der Waals surface area contributed by atoms with Gasteiger partial charge in [0, 0.05) is 18.6 Å². The van der Waals surface area contributed by atoms with Crippen LogP contribution in [0.25, 0.3) is 0 Å². The van der Waals surface area contributed by atoms with Crippen LogP contribution >= 0.6 is 12.6 Å².